The number of hydrogen-bond acceptors (Lipinski definition) is 9. The molecule has 3 aliphatic rings. The zero-order chi connectivity index (χ0) is 51.7. The number of fused-ring (bicyclic) bond motifs is 2. The minimum Gasteiger partial charge on any atom is -0.508 e. The summed E-state index contributed by atoms with van der Waals surface area (Å²) in [5.74, 6) is -0.770. The maximum absolute atomic E-state index is 15.7. The summed E-state index contributed by atoms with van der Waals surface area (Å²) >= 11 is 0. The van der Waals surface area contributed by atoms with Crippen molar-refractivity contribution in [3.05, 3.63) is 153 Å². The molecule has 2 aromatic heterocycles. The number of likely N-dealkylation sites (N-methyl/N-ethyl adjacent to an activating group) is 1. The van der Waals surface area contributed by atoms with Crippen LogP contribution in [0.4, 0.5) is 15.8 Å². The van der Waals surface area contributed by atoms with Crippen LogP contribution in [0.1, 0.15) is 79.5 Å². The Balaban J connectivity index is 1.07. The molecule has 1 atom stereocenters. The average Bonchev–Trinajstić information content (AvgIpc) is 3.85. The third-order valence-corrected chi connectivity index (χ3v) is 15.3. The lowest BCUT2D eigenvalue weighted by atomic mass is 9.89. The quantitative estimate of drug-likeness (QED) is 0.115. The topological polar surface area (TPSA) is 140 Å². The second-order valence-corrected chi connectivity index (χ2v) is 20.0. The Labute approximate surface area is 427 Å². The van der Waals surface area contributed by atoms with Crippen LogP contribution in [0, 0.1) is 31.0 Å². The summed E-state index contributed by atoms with van der Waals surface area (Å²) in [4.78, 5) is 54.8. The number of amides is 3. The van der Waals surface area contributed by atoms with E-state index in [1.54, 1.807) is 51.7 Å². The highest BCUT2D eigenvalue weighted by Crippen LogP contribution is 2.39. The zero-order valence-electron chi connectivity index (χ0n) is 43.0. The summed E-state index contributed by atoms with van der Waals surface area (Å²) in [6.45, 7) is 13.9. The summed E-state index contributed by atoms with van der Waals surface area (Å²) in [6.07, 6.45) is 1.05. The van der Waals surface area contributed by atoms with Gasteiger partial charge in [-0.25, -0.2) is 4.39 Å². The number of aromatic nitrogens is 2. The molecule has 1 fully saturated rings. The van der Waals surface area contributed by atoms with E-state index >= 15 is 14.0 Å². The van der Waals surface area contributed by atoms with Crippen LogP contribution in [0.15, 0.2) is 91.0 Å². The number of halogens is 1. The van der Waals surface area contributed by atoms with Crippen molar-refractivity contribution in [1.82, 2.24) is 28.7 Å². The second kappa shape index (κ2) is 21.5. The third-order valence-electron chi connectivity index (χ3n) is 15.3. The Hall–Kier alpha value is -7.25. The first-order chi connectivity index (χ1) is 35.1. The van der Waals surface area contributed by atoms with Gasteiger partial charge in [-0.15, -0.1) is 0 Å². The molecule has 1 N–H and O–H groups in total. The normalized spacial score (nSPS) is 15.8. The van der Waals surface area contributed by atoms with Gasteiger partial charge in [0.05, 0.1) is 30.9 Å². The molecule has 6 aromatic rings. The molecule has 0 saturated carbocycles. The van der Waals surface area contributed by atoms with Gasteiger partial charge in [-0.05, 0) is 130 Å². The molecule has 73 heavy (non-hydrogen) atoms. The van der Waals surface area contributed by atoms with Crippen LogP contribution in [-0.2, 0) is 56.0 Å². The fourth-order valence-corrected chi connectivity index (χ4v) is 10.3. The smallest absolute Gasteiger partial charge is 0.264 e. The zero-order valence-corrected chi connectivity index (χ0v) is 43.0. The minimum absolute atomic E-state index is 0.0459. The first-order valence-corrected chi connectivity index (χ1v) is 25.2. The first-order valence-electron chi connectivity index (χ1n) is 25.2. The highest BCUT2D eigenvalue weighted by atomic mass is 19.1. The monoisotopic (exact) mass is 989 g/mol. The molecule has 0 radical (unpaired) electrons. The van der Waals surface area contributed by atoms with Gasteiger partial charge in [0.15, 0.2) is 0 Å². The van der Waals surface area contributed by atoms with Gasteiger partial charge in [0.1, 0.15) is 35.7 Å². The van der Waals surface area contributed by atoms with Crippen molar-refractivity contribution in [2.24, 2.45) is 14.1 Å². The van der Waals surface area contributed by atoms with E-state index in [1.165, 1.54) is 23.8 Å². The van der Waals surface area contributed by atoms with Crippen molar-refractivity contribution in [3.63, 3.8) is 0 Å². The highest BCUT2D eigenvalue weighted by molar-refractivity contribution is 6.13. The second-order valence-electron chi connectivity index (χ2n) is 20.0. The highest BCUT2D eigenvalue weighted by Gasteiger charge is 2.36. The molecule has 0 spiro atoms. The van der Waals surface area contributed by atoms with E-state index in [1.807, 2.05) is 54.6 Å². The van der Waals surface area contributed by atoms with Crippen LogP contribution < -0.4 is 9.64 Å². The minimum atomic E-state index is -0.499. The van der Waals surface area contributed by atoms with Gasteiger partial charge in [0.2, 0.25) is 5.91 Å². The van der Waals surface area contributed by atoms with Crippen LogP contribution in [0.3, 0.4) is 0 Å². The molecule has 0 aliphatic carbocycles. The van der Waals surface area contributed by atoms with E-state index in [0.29, 0.717) is 115 Å². The van der Waals surface area contributed by atoms with Gasteiger partial charge >= 0.3 is 0 Å². The van der Waals surface area contributed by atoms with Gasteiger partial charge in [-0.1, -0.05) is 30.3 Å². The number of rotatable bonds is 14. The molecule has 380 valence electrons. The summed E-state index contributed by atoms with van der Waals surface area (Å²) in [5, 5.41) is 20.2. The average molecular weight is 989 g/mol. The number of phenols is 1. The predicted molar refractivity (Wildman–Crippen MR) is 279 cm³/mol. The van der Waals surface area contributed by atoms with Gasteiger partial charge in [0, 0.05) is 112 Å². The lowest BCUT2D eigenvalue weighted by Crippen LogP contribution is -2.50. The Bertz CT molecular complexity index is 3090. The number of phenolic OH excluding ortho intramolecular Hbond substituents is 1. The molecule has 9 rings (SSSR count). The van der Waals surface area contributed by atoms with Crippen molar-refractivity contribution in [2.75, 3.05) is 64.5 Å². The summed E-state index contributed by atoms with van der Waals surface area (Å²) in [5.41, 5.74) is 9.33. The van der Waals surface area contributed by atoms with E-state index in [0.717, 1.165) is 29.8 Å². The van der Waals surface area contributed by atoms with Crippen LogP contribution >= 0.6 is 0 Å². The first kappa shape index (κ1) is 50.7. The van der Waals surface area contributed by atoms with E-state index < -0.39 is 5.82 Å². The number of carbonyl (C=O) groups excluding carboxylic acids is 3. The molecule has 0 unspecified atom stereocenters. The Kier molecular flexibility index (Phi) is 14.9. The number of nitriles is 1. The molecule has 4 aromatic carbocycles. The third kappa shape index (κ3) is 10.5. The lowest BCUT2D eigenvalue weighted by molar-refractivity contribution is -0.131. The van der Waals surface area contributed by atoms with Crippen LogP contribution in [0.5, 0.6) is 11.5 Å². The fraction of sp³-hybridized carbons (Fsp3) is 0.379. The molecule has 15 heteroatoms. The van der Waals surface area contributed by atoms with Crippen LogP contribution in [-0.4, -0.2) is 123 Å². The maximum atomic E-state index is 15.7. The number of ether oxygens (including phenoxy) is 2. The van der Waals surface area contributed by atoms with Gasteiger partial charge < -0.3 is 38.4 Å². The summed E-state index contributed by atoms with van der Waals surface area (Å²) in [6, 6.07) is 29.2. The predicted octanol–water partition coefficient (Wildman–Crippen LogP) is 8.09. The summed E-state index contributed by atoms with van der Waals surface area (Å²) < 4.78 is 30.6. The molecule has 14 nitrogen and oxygen atoms in total. The fourth-order valence-electron chi connectivity index (χ4n) is 10.3. The largest absolute Gasteiger partial charge is 0.508 e. The van der Waals surface area contributed by atoms with E-state index in [-0.39, 0.29) is 54.1 Å². The van der Waals surface area contributed by atoms with E-state index in [4.69, 9.17) is 9.47 Å². The van der Waals surface area contributed by atoms with Crippen molar-refractivity contribution in [3.8, 4) is 28.8 Å². The standard InChI is InChI=1S/C58H65FN8O6/c1-37(2)61(5)36-47-26-40-10-8-9-11-43(40)35-66(47)57(70)52-28-44-34-65(56(69)29-42-12-17-49(31-53(42)59)73-25-22-64-20-23-72-24-21-64)19-18-41(44)27-51(52)55-32-50(38(3)63(55)7)58(71)67(45-13-15-48(68)16-14-45)54-30-46(33-60)62(6)39(54)4/h8-17,27-28,30-32,37,47,68H,18-26,29,34-36H2,1-7H3/t47-/m0/s1. The Morgan fingerprint density at radius 2 is 1.60 bits per heavy atom. The molecule has 3 aliphatic heterocycles. The number of aromatic hydroxyl groups is 1. The number of morpholine rings is 1. The van der Waals surface area contributed by atoms with Crippen LogP contribution in [0.2, 0.25) is 0 Å². The molecular weight excluding hydrogens is 924 g/mol. The summed E-state index contributed by atoms with van der Waals surface area (Å²) in [7, 11) is 5.75. The molecular formula is C58H65FN8O6. The van der Waals surface area contributed by atoms with Gasteiger partial charge in [0.25, 0.3) is 11.8 Å². The maximum Gasteiger partial charge on any atom is 0.264 e. The number of hydrogen-bond donors (Lipinski definition) is 1. The Morgan fingerprint density at radius 3 is 2.30 bits per heavy atom. The SMILES string of the molecule is Cc1c(N(C(=O)c2cc(-c3cc4c(cc3C(=O)N3Cc5ccccc5C[C@H]3CN(C)C(C)C)CN(C(=O)Cc3ccc(OCCN5CCOCC5)cc3F)CC4)n(C)c2C)c2ccc(O)cc2)cc(C#N)n1C. The molecule has 1 saturated heterocycles. The lowest BCUT2D eigenvalue weighted by Gasteiger charge is -2.40. The van der Waals surface area contributed by atoms with E-state index in [2.05, 4.69) is 55.0 Å². The van der Waals surface area contributed by atoms with Crippen molar-refractivity contribution in [2.45, 2.75) is 72.1 Å². The van der Waals surface area contributed by atoms with Gasteiger partial charge in [-0.2, -0.15) is 5.26 Å². The molecule has 3 amide bonds. The van der Waals surface area contributed by atoms with Crippen LogP contribution in [0.25, 0.3) is 11.3 Å². The number of anilines is 2. The molecule has 5 heterocycles. The van der Waals surface area contributed by atoms with Crippen molar-refractivity contribution < 1.29 is 33.4 Å². The number of nitrogens with zero attached hydrogens (tertiary/aromatic N) is 8. The van der Waals surface area contributed by atoms with Crippen molar-refractivity contribution >= 4 is 29.1 Å². The number of benzene rings is 4. The van der Waals surface area contributed by atoms with Gasteiger partial charge in [-0.3, -0.25) is 24.2 Å². The van der Waals surface area contributed by atoms with Crippen molar-refractivity contribution in [1.29, 1.82) is 5.26 Å². The van der Waals surface area contributed by atoms with E-state index in [9.17, 15) is 15.2 Å². The molecule has 0 bridgehead atoms. The number of carbonyl (C=O) groups is 3. The Morgan fingerprint density at radius 1 is 0.863 bits per heavy atom.